The second kappa shape index (κ2) is 11.3. The van der Waals surface area contributed by atoms with Crippen LogP contribution in [0.5, 0.6) is 0 Å². The molecule has 1 aliphatic heterocycles. The number of ether oxygens (including phenoxy) is 1. The standard InChI is InChI=1S/C20H24N6O6/c27-17(16-10-14(26-32-16)6-7-21-19-22-8-9-23-19)24-11-15(18(28)29)25-20(30)31-12-13-4-2-1-3-5-13/h1-5,8-9,15-16H,6-7,10-12H2,(H,24,27)(H,25,30)(H,28,29)(H2,21,22,23). The number of carbonyl (C=O) groups excluding carboxylic acids is 2. The maximum absolute atomic E-state index is 12.3. The minimum Gasteiger partial charge on any atom is -0.480 e. The average molecular weight is 444 g/mol. The molecule has 2 aromatic rings. The molecule has 12 heteroatoms. The summed E-state index contributed by atoms with van der Waals surface area (Å²) in [5, 5.41) is 21.0. The molecular formula is C20H24N6O6. The Balaban J connectivity index is 1.36. The number of rotatable bonds is 11. The first-order valence-electron chi connectivity index (χ1n) is 9.94. The third-order valence-electron chi connectivity index (χ3n) is 4.51. The monoisotopic (exact) mass is 444 g/mol. The van der Waals surface area contributed by atoms with Crippen LogP contribution in [0.15, 0.2) is 47.9 Å². The first kappa shape index (κ1) is 22.6. The van der Waals surface area contributed by atoms with Gasteiger partial charge in [0.05, 0.1) is 5.71 Å². The quantitative estimate of drug-likeness (QED) is 0.340. The summed E-state index contributed by atoms with van der Waals surface area (Å²) in [6.45, 7) is 0.222. The number of amides is 2. The van der Waals surface area contributed by atoms with Gasteiger partial charge >= 0.3 is 12.1 Å². The fourth-order valence-electron chi connectivity index (χ4n) is 2.83. The molecule has 2 amide bonds. The van der Waals surface area contributed by atoms with Crippen LogP contribution in [0.3, 0.4) is 0 Å². The normalized spacial score (nSPS) is 15.8. The van der Waals surface area contributed by atoms with Crippen LogP contribution in [0.25, 0.3) is 0 Å². The molecule has 170 valence electrons. The summed E-state index contributed by atoms with van der Waals surface area (Å²) in [7, 11) is 0. The van der Waals surface area contributed by atoms with Crippen LogP contribution in [0.1, 0.15) is 18.4 Å². The Morgan fingerprint density at radius 2 is 2.09 bits per heavy atom. The van der Waals surface area contributed by atoms with Crippen molar-refractivity contribution in [2.45, 2.75) is 31.6 Å². The summed E-state index contributed by atoms with van der Waals surface area (Å²) in [5.41, 5.74) is 1.46. The Bertz CT molecular complexity index is 933. The number of nitrogens with zero attached hydrogens (tertiary/aromatic N) is 2. The number of aromatic amines is 1. The average Bonchev–Trinajstić information content (AvgIpc) is 3.48. The number of benzene rings is 1. The molecule has 32 heavy (non-hydrogen) atoms. The van der Waals surface area contributed by atoms with Crippen LogP contribution in [0.4, 0.5) is 10.7 Å². The number of carboxylic acids is 1. The largest absolute Gasteiger partial charge is 0.480 e. The van der Waals surface area contributed by atoms with Gasteiger partial charge in [0.25, 0.3) is 5.91 Å². The number of alkyl carbamates (subject to hydrolysis) is 1. The summed E-state index contributed by atoms with van der Waals surface area (Å²) >= 11 is 0. The topological polar surface area (TPSA) is 167 Å². The van der Waals surface area contributed by atoms with Gasteiger partial charge in [-0.25, -0.2) is 14.6 Å². The molecule has 0 saturated heterocycles. The lowest BCUT2D eigenvalue weighted by Crippen LogP contribution is -2.50. The van der Waals surface area contributed by atoms with Gasteiger partial charge in [0.2, 0.25) is 6.10 Å². The van der Waals surface area contributed by atoms with E-state index in [1.165, 1.54) is 0 Å². The predicted octanol–water partition coefficient (Wildman–Crippen LogP) is 0.852. The number of anilines is 1. The summed E-state index contributed by atoms with van der Waals surface area (Å²) < 4.78 is 5.01. The number of carboxylic acid groups (broad SMARTS) is 1. The van der Waals surface area contributed by atoms with Gasteiger partial charge < -0.3 is 35.6 Å². The van der Waals surface area contributed by atoms with Crippen molar-refractivity contribution in [3.63, 3.8) is 0 Å². The molecule has 0 saturated carbocycles. The van der Waals surface area contributed by atoms with Crippen LogP contribution in [-0.4, -0.2) is 64.0 Å². The van der Waals surface area contributed by atoms with Gasteiger partial charge in [0.15, 0.2) is 5.95 Å². The fourth-order valence-corrected chi connectivity index (χ4v) is 2.83. The first-order valence-corrected chi connectivity index (χ1v) is 9.94. The Labute approximate surface area is 183 Å². The molecule has 1 aromatic carbocycles. The molecule has 1 aromatic heterocycles. The van der Waals surface area contributed by atoms with Gasteiger partial charge in [-0.1, -0.05) is 35.5 Å². The van der Waals surface area contributed by atoms with Gasteiger partial charge in [0.1, 0.15) is 12.6 Å². The van der Waals surface area contributed by atoms with E-state index in [1.807, 2.05) is 6.07 Å². The zero-order chi connectivity index (χ0) is 22.8. The number of hydrogen-bond donors (Lipinski definition) is 5. The van der Waals surface area contributed by atoms with Crippen molar-refractivity contribution in [2.24, 2.45) is 5.16 Å². The zero-order valence-corrected chi connectivity index (χ0v) is 17.1. The summed E-state index contributed by atoms with van der Waals surface area (Å²) in [5.74, 6) is -1.20. The molecule has 2 atom stereocenters. The van der Waals surface area contributed by atoms with Gasteiger partial charge in [-0.3, -0.25) is 4.79 Å². The Morgan fingerprint density at radius 1 is 1.28 bits per heavy atom. The SMILES string of the molecule is O=C(NC(CNC(=O)C1CC(CCNc2ncc[nH]2)=NO1)C(=O)O)OCc1ccccc1. The highest BCUT2D eigenvalue weighted by Crippen LogP contribution is 2.13. The number of nitrogens with one attached hydrogen (secondary N) is 4. The maximum Gasteiger partial charge on any atom is 0.408 e. The molecule has 2 heterocycles. The number of aromatic nitrogens is 2. The molecule has 0 radical (unpaired) electrons. The van der Waals surface area contributed by atoms with Crippen LogP contribution in [0.2, 0.25) is 0 Å². The number of hydrogen-bond acceptors (Lipinski definition) is 8. The molecule has 0 fully saturated rings. The van der Waals surface area contributed by atoms with Gasteiger partial charge in [-0.05, 0) is 5.56 Å². The van der Waals surface area contributed by atoms with Crippen molar-refractivity contribution in [1.29, 1.82) is 0 Å². The lowest BCUT2D eigenvalue weighted by molar-refractivity contribution is -0.139. The first-order chi connectivity index (χ1) is 15.5. The highest BCUT2D eigenvalue weighted by atomic mass is 16.6. The molecule has 0 spiro atoms. The van der Waals surface area contributed by atoms with Gasteiger partial charge in [-0.15, -0.1) is 0 Å². The molecule has 0 aliphatic carbocycles. The number of oxime groups is 1. The summed E-state index contributed by atoms with van der Waals surface area (Å²) in [6, 6.07) is 7.60. The fraction of sp³-hybridized carbons (Fsp3) is 0.350. The summed E-state index contributed by atoms with van der Waals surface area (Å²) in [4.78, 5) is 47.7. The molecular weight excluding hydrogens is 420 g/mol. The van der Waals surface area contributed by atoms with Crippen LogP contribution >= 0.6 is 0 Å². The van der Waals surface area contributed by atoms with Crippen molar-refractivity contribution in [3.05, 3.63) is 48.3 Å². The van der Waals surface area contributed by atoms with E-state index in [0.717, 1.165) is 5.56 Å². The Morgan fingerprint density at radius 3 is 2.81 bits per heavy atom. The van der Waals surface area contributed by atoms with Crippen molar-refractivity contribution in [2.75, 3.05) is 18.4 Å². The molecule has 12 nitrogen and oxygen atoms in total. The van der Waals surface area contributed by atoms with Crippen LogP contribution in [0, 0.1) is 0 Å². The van der Waals surface area contributed by atoms with E-state index >= 15 is 0 Å². The maximum atomic E-state index is 12.3. The highest BCUT2D eigenvalue weighted by Gasteiger charge is 2.29. The zero-order valence-electron chi connectivity index (χ0n) is 17.1. The van der Waals surface area contributed by atoms with E-state index < -0.39 is 30.1 Å². The lowest BCUT2D eigenvalue weighted by atomic mass is 10.1. The van der Waals surface area contributed by atoms with Crippen LogP contribution in [-0.2, 0) is 25.8 Å². The lowest BCUT2D eigenvalue weighted by Gasteiger charge is -2.16. The molecule has 0 bridgehead atoms. The third-order valence-corrected chi connectivity index (χ3v) is 4.51. The van der Waals surface area contributed by atoms with Crippen LogP contribution < -0.4 is 16.0 Å². The Kier molecular flexibility index (Phi) is 8.01. The van der Waals surface area contributed by atoms with E-state index in [1.54, 1.807) is 36.7 Å². The number of imidazole rings is 1. The summed E-state index contributed by atoms with van der Waals surface area (Å²) in [6.07, 6.45) is 2.41. The third kappa shape index (κ3) is 7.00. The smallest absolute Gasteiger partial charge is 0.408 e. The van der Waals surface area contributed by atoms with Crippen molar-refractivity contribution in [3.8, 4) is 0 Å². The van der Waals surface area contributed by atoms with Crippen molar-refractivity contribution in [1.82, 2.24) is 20.6 Å². The number of aliphatic carboxylic acids is 1. The van der Waals surface area contributed by atoms with E-state index in [0.29, 0.717) is 24.6 Å². The molecule has 2 unspecified atom stereocenters. The van der Waals surface area contributed by atoms with E-state index in [-0.39, 0.29) is 19.6 Å². The minimum absolute atomic E-state index is 0.00379. The predicted molar refractivity (Wildman–Crippen MR) is 113 cm³/mol. The molecule has 3 rings (SSSR count). The Hall–Kier alpha value is -4.09. The van der Waals surface area contributed by atoms with E-state index in [4.69, 9.17) is 9.57 Å². The van der Waals surface area contributed by atoms with Gasteiger partial charge in [-0.2, -0.15) is 0 Å². The van der Waals surface area contributed by atoms with Crippen molar-refractivity contribution >= 4 is 29.6 Å². The molecule has 5 N–H and O–H groups in total. The van der Waals surface area contributed by atoms with E-state index in [9.17, 15) is 19.5 Å². The second-order valence-corrected chi connectivity index (χ2v) is 6.91. The second-order valence-electron chi connectivity index (χ2n) is 6.91. The highest BCUT2D eigenvalue weighted by molar-refractivity contribution is 5.93. The van der Waals surface area contributed by atoms with E-state index in [2.05, 4.69) is 31.1 Å². The number of H-pyrrole nitrogens is 1. The van der Waals surface area contributed by atoms with Gasteiger partial charge in [0, 0.05) is 38.3 Å². The number of carbonyl (C=O) groups is 3. The molecule has 1 aliphatic rings. The van der Waals surface area contributed by atoms with Crippen molar-refractivity contribution < 1.29 is 29.1 Å². The minimum atomic E-state index is -1.36.